The van der Waals surface area contributed by atoms with E-state index in [2.05, 4.69) is 4.74 Å². The van der Waals surface area contributed by atoms with Gasteiger partial charge in [-0.1, -0.05) is 18.2 Å². The normalized spacial score (nSPS) is 9.94. The molecule has 0 radical (unpaired) electrons. The van der Waals surface area contributed by atoms with Gasteiger partial charge in [-0.3, -0.25) is 20.2 Å². The van der Waals surface area contributed by atoms with E-state index >= 15 is 0 Å². The molecule has 1 aromatic rings. The first-order chi connectivity index (χ1) is 8.02. The summed E-state index contributed by atoms with van der Waals surface area (Å²) in [5, 5.41) is 20.5. The Kier molecular flexibility index (Phi) is 4.09. The van der Waals surface area contributed by atoms with Crippen molar-refractivity contribution in [3.8, 4) is 0 Å². The van der Waals surface area contributed by atoms with Crippen LogP contribution in [-0.4, -0.2) is 28.6 Å². The Morgan fingerprint density at radius 1 is 1.18 bits per heavy atom. The third-order valence-electron chi connectivity index (χ3n) is 1.86. The highest BCUT2D eigenvalue weighted by molar-refractivity contribution is 5.89. The first-order valence-electron chi connectivity index (χ1n) is 4.51. The molecule has 8 heteroatoms. The fourth-order valence-electron chi connectivity index (χ4n) is 1.01. The van der Waals surface area contributed by atoms with Crippen LogP contribution in [-0.2, 0) is 4.74 Å². The van der Waals surface area contributed by atoms with Crippen LogP contribution in [0.5, 0.6) is 0 Å². The van der Waals surface area contributed by atoms with Crippen LogP contribution in [0.1, 0.15) is 10.4 Å². The first-order valence-corrected chi connectivity index (χ1v) is 4.51. The van der Waals surface area contributed by atoms with Gasteiger partial charge in [0.25, 0.3) is 0 Å². The lowest BCUT2D eigenvalue weighted by Gasteiger charge is -2.04. The lowest BCUT2D eigenvalue weighted by molar-refractivity contribution is -0.743. The van der Waals surface area contributed by atoms with E-state index < -0.39 is 28.6 Å². The summed E-state index contributed by atoms with van der Waals surface area (Å²) < 4.78 is 4.49. The summed E-state index contributed by atoms with van der Waals surface area (Å²) in [6.07, 6.45) is -2.14. The fourth-order valence-corrected chi connectivity index (χ4v) is 1.01. The summed E-state index contributed by atoms with van der Waals surface area (Å²) in [5.41, 5.74) is 0.179. The van der Waals surface area contributed by atoms with Crippen LogP contribution in [0.4, 0.5) is 0 Å². The van der Waals surface area contributed by atoms with Crippen molar-refractivity contribution >= 4 is 5.97 Å². The van der Waals surface area contributed by atoms with Crippen LogP contribution in [0, 0.1) is 20.2 Å². The topological polar surface area (TPSA) is 113 Å². The summed E-state index contributed by atoms with van der Waals surface area (Å²) in [6, 6.07) is 7.71. The van der Waals surface area contributed by atoms with Crippen molar-refractivity contribution in [3.05, 3.63) is 56.1 Å². The van der Waals surface area contributed by atoms with Crippen LogP contribution >= 0.6 is 0 Å². The zero-order valence-corrected chi connectivity index (χ0v) is 8.52. The SMILES string of the molecule is O=C(OCC([N+](=O)[O-])[N+](=O)[O-])c1ccccc1. The number of hydrogen-bond acceptors (Lipinski definition) is 6. The van der Waals surface area contributed by atoms with Crippen molar-refractivity contribution in [1.29, 1.82) is 0 Å². The molecule has 0 unspecified atom stereocenters. The Morgan fingerprint density at radius 2 is 1.71 bits per heavy atom. The third-order valence-corrected chi connectivity index (χ3v) is 1.86. The summed E-state index contributed by atoms with van der Waals surface area (Å²) in [4.78, 5) is 29.6. The van der Waals surface area contributed by atoms with E-state index in [0.29, 0.717) is 0 Å². The molecule has 90 valence electrons. The van der Waals surface area contributed by atoms with Gasteiger partial charge in [-0.2, -0.15) is 0 Å². The highest BCUT2D eigenvalue weighted by Crippen LogP contribution is 2.02. The molecule has 0 atom stereocenters. The lowest BCUT2D eigenvalue weighted by Crippen LogP contribution is -2.34. The summed E-state index contributed by atoms with van der Waals surface area (Å²) in [7, 11) is 0. The molecule has 0 spiro atoms. The molecular weight excluding hydrogens is 232 g/mol. The van der Waals surface area contributed by atoms with Gasteiger partial charge < -0.3 is 4.74 Å². The standard InChI is InChI=1S/C9H8N2O6/c12-9(7-4-2-1-3-5-7)17-6-8(10(13)14)11(15)16/h1-5,8H,6H2. The second-order valence-electron chi connectivity index (χ2n) is 3.02. The van der Waals surface area contributed by atoms with Crippen molar-refractivity contribution in [3.63, 3.8) is 0 Å². The van der Waals surface area contributed by atoms with Gasteiger partial charge in [-0.05, 0) is 12.1 Å². The van der Waals surface area contributed by atoms with Crippen LogP contribution < -0.4 is 0 Å². The smallest absolute Gasteiger partial charge is 0.447 e. The van der Waals surface area contributed by atoms with Crippen molar-refractivity contribution in [2.45, 2.75) is 6.17 Å². The number of hydrogen-bond donors (Lipinski definition) is 0. The monoisotopic (exact) mass is 240 g/mol. The number of carbonyl (C=O) groups is 1. The van der Waals surface area contributed by atoms with Crippen molar-refractivity contribution in [2.75, 3.05) is 6.61 Å². The number of rotatable bonds is 5. The Morgan fingerprint density at radius 3 is 2.18 bits per heavy atom. The maximum absolute atomic E-state index is 11.3. The van der Waals surface area contributed by atoms with Crippen molar-refractivity contribution in [2.24, 2.45) is 0 Å². The van der Waals surface area contributed by atoms with Gasteiger partial charge in [0.1, 0.15) is 0 Å². The molecule has 0 N–H and O–H groups in total. The maximum atomic E-state index is 11.3. The summed E-state index contributed by atoms with van der Waals surface area (Å²) in [5.74, 6) is -0.834. The predicted octanol–water partition coefficient (Wildman–Crippen LogP) is 0.723. The van der Waals surface area contributed by atoms with Crippen LogP contribution in [0.15, 0.2) is 30.3 Å². The molecular formula is C9H8N2O6. The number of nitro groups is 2. The van der Waals surface area contributed by atoms with Gasteiger partial charge >= 0.3 is 12.1 Å². The number of nitrogens with zero attached hydrogens (tertiary/aromatic N) is 2. The summed E-state index contributed by atoms with van der Waals surface area (Å²) in [6.45, 7) is -0.895. The molecule has 1 rings (SSSR count). The molecule has 0 saturated heterocycles. The Hall–Kier alpha value is -2.51. The van der Waals surface area contributed by atoms with Gasteiger partial charge in [0.2, 0.25) is 6.61 Å². The second-order valence-corrected chi connectivity index (χ2v) is 3.02. The van der Waals surface area contributed by atoms with E-state index in [-0.39, 0.29) is 5.56 Å². The summed E-state index contributed by atoms with van der Waals surface area (Å²) >= 11 is 0. The molecule has 0 amide bonds. The van der Waals surface area contributed by atoms with E-state index in [4.69, 9.17) is 0 Å². The minimum absolute atomic E-state index is 0.179. The number of benzene rings is 1. The van der Waals surface area contributed by atoms with E-state index in [1.54, 1.807) is 18.2 Å². The predicted molar refractivity (Wildman–Crippen MR) is 54.5 cm³/mol. The number of esters is 1. The van der Waals surface area contributed by atoms with Gasteiger partial charge in [-0.25, -0.2) is 4.79 Å². The first kappa shape index (κ1) is 12.6. The zero-order chi connectivity index (χ0) is 12.8. The van der Waals surface area contributed by atoms with E-state index in [1.807, 2.05) is 0 Å². The lowest BCUT2D eigenvalue weighted by atomic mass is 10.2. The molecule has 0 saturated carbocycles. The third kappa shape index (κ3) is 3.52. The Bertz CT molecular complexity index is 418. The Balaban J connectivity index is 2.59. The largest absolute Gasteiger partial charge is 0.483 e. The molecule has 0 heterocycles. The van der Waals surface area contributed by atoms with E-state index in [1.165, 1.54) is 12.1 Å². The molecule has 0 bridgehead atoms. The second kappa shape index (κ2) is 5.54. The molecule has 1 aromatic carbocycles. The highest BCUT2D eigenvalue weighted by Gasteiger charge is 2.33. The molecule has 0 aliphatic carbocycles. The van der Waals surface area contributed by atoms with Crippen molar-refractivity contribution < 1.29 is 19.4 Å². The van der Waals surface area contributed by atoms with Crippen LogP contribution in [0.2, 0.25) is 0 Å². The molecule has 17 heavy (non-hydrogen) atoms. The highest BCUT2D eigenvalue weighted by atomic mass is 16.7. The average Bonchev–Trinajstić information content (AvgIpc) is 2.29. The fraction of sp³-hybridized carbons (Fsp3) is 0.222. The molecule has 0 aliphatic heterocycles. The van der Waals surface area contributed by atoms with Gasteiger partial charge in [0.05, 0.1) is 15.4 Å². The zero-order valence-electron chi connectivity index (χ0n) is 8.52. The minimum Gasteiger partial charge on any atom is -0.447 e. The van der Waals surface area contributed by atoms with Crippen LogP contribution in [0.25, 0.3) is 0 Å². The quantitative estimate of drug-likeness (QED) is 0.324. The van der Waals surface area contributed by atoms with Gasteiger partial charge in [0, 0.05) is 0 Å². The molecule has 8 nitrogen and oxygen atoms in total. The number of carbonyl (C=O) groups excluding carboxylic acids is 1. The maximum Gasteiger partial charge on any atom is 0.483 e. The average molecular weight is 240 g/mol. The van der Waals surface area contributed by atoms with Crippen molar-refractivity contribution in [1.82, 2.24) is 0 Å². The number of ether oxygens (including phenoxy) is 1. The molecule has 0 aromatic heterocycles. The van der Waals surface area contributed by atoms with E-state index in [9.17, 15) is 25.0 Å². The Labute approximate surface area is 95.1 Å². The van der Waals surface area contributed by atoms with E-state index in [0.717, 1.165) is 0 Å². The van der Waals surface area contributed by atoms with Gasteiger partial charge in [-0.15, -0.1) is 0 Å². The van der Waals surface area contributed by atoms with Gasteiger partial charge in [0.15, 0.2) is 0 Å². The minimum atomic E-state index is -2.14. The van der Waals surface area contributed by atoms with Crippen LogP contribution in [0.3, 0.4) is 0 Å². The molecule has 0 fully saturated rings. The molecule has 0 aliphatic rings.